The van der Waals surface area contributed by atoms with E-state index in [1.807, 2.05) is 48.5 Å². The molecule has 1 aliphatic heterocycles. The minimum Gasteiger partial charge on any atom is -0.268 e. The van der Waals surface area contributed by atoms with Crippen molar-refractivity contribution in [2.45, 2.75) is 27.2 Å². The number of para-hydroxylation sites is 2. The number of rotatable bonds is 3. The van der Waals surface area contributed by atoms with Crippen molar-refractivity contribution in [3.8, 4) is 0 Å². The summed E-state index contributed by atoms with van der Waals surface area (Å²) in [6, 6.07) is 22.0. The molecule has 0 bridgehead atoms. The summed E-state index contributed by atoms with van der Waals surface area (Å²) < 4.78 is 0. The van der Waals surface area contributed by atoms with Crippen LogP contribution in [0.25, 0.3) is 10.9 Å². The Morgan fingerprint density at radius 1 is 0.903 bits per heavy atom. The van der Waals surface area contributed by atoms with Gasteiger partial charge in [-0.2, -0.15) is 0 Å². The Labute approximate surface area is 181 Å². The molecule has 0 unspecified atom stereocenters. The maximum Gasteiger partial charge on any atom is 0.264 e. The highest BCUT2D eigenvalue weighted by Crippen LogP contribution is 2.35. The van der Waals surface area contributed by atoms with E-state index in [2.05, 4.69) is 44.0 Å². The number of amidine groups is 1. The Bertz CT molecular complexity index is 1340. The molecule has 152 valence electrons. The van der Waals surface area contributed by atoms with E-state index in [1.54, 1.807) is 11.1 Å². The second-order valence-corrected chi connectivity index (χ2v) is 7.90. The monoisotopic (exact) mass is 405 g/mol. The number of hydrogen-bond acceptors (Lipinski definition) is 3. The zero-order valence-corrected chi connectivity index (χ0v) is 17.9. The second-order valence-electron chi connectivity index (χ2n) is 7.90. The Morgan fingerprint density at radius 2 is 1.65 bits per heavy atom. The van der Waals surface area contributed by atoms with Gasteiger partial charge in [-0.25, -0.2) is 4.99 Å². The van der Waals surface area contributed by atoms with Crippen molar-refractivity contribution in [2.75, 3.05) is 4.90 Å². The summed E-state index contributed by atoms with van der Waals surface area (Å²) in [5.74, 6) is 0.589. The third-order valence-corrected chi connectivity index (χ3v) is 5.89. The average molecular weight is 406 g/mol. The lowest BCUT2D eigenvalue weighted by Gasteiger charge is -2.19. The molecule has 0 atom stereocenters. The standard InChI is InChI=1S/C27H23N3O/c1-4-19-13-14-21-22(16-19)26(29-24-17(2)8-5-9-18(24)3)30(27(21)31)23-12-6-10-20-11-7-15-28-25(20)23/h5-16H,4H2,1-3H3. The Morgan fingerprint density at radius 3 is 2.42 bits per heavy atom. The van der Waals surface area contributed by atoms with E-state index in [9.17, 15) is 4.79 Å². The van der Waals surface area contributed by atoms with Crippen molar-refractivity contribution in [1.29, 1.82) is 0 Å². The van der Waals surface area contributed by atoms with Gasteiger partial charge in [-0.1, -0.05) is 49.4 Å². The molecule has 2 heterocycles. The first-order chi connectivity index (χ1) is 15.1. The number of aryl methyl sites for hydroxylation is 3. The van der Waals surface area contributed by atoms with E-state index in [0.29, 0.717) is 11.4 Å². The van der Waals surface area contributed by atoms with Gasteiger partial charge in [0, 0.05) is 17.1 Å². The van der Waals surface area contributed by atoms with Crippen LogP contribution in [0.1, 0.15) is 39.5 Å². The summed E-state index contributed by atoms with van der Waals surface area (Å²) in [5.41, 5.74) is 7.33. The number of carbonyl (C=O) groups excluding carboxylic acids is 1. The van der Waals surface area contributed by atoms with E-state index >= 15 is 0 Å². The third-order valence-electron chi connectivity index (χ3n) is 5.89. The Balaban J connectivity index is 1.81. The lowest BCUT2D eigenvalue weighted by atomic mass is 10.0. The largest absolute Gasteiger partial charge is 0.268 e. The first-order valence-electron chi connectivity index (χ1n) is 10.5. The summed E-state index contributed by atoms with van der Waals surface area (Å²) in [6.45, 7) is 6.22. The van der Waals surface area contributed by atoms with Gasteiger partial charge in [-0.05, 0) is 61.2 Å². The number of amides is 1. The van der Waals surface area contributed by atoms with Crippen LogP contribution >= 0.6 is 0 Å². The zero-order chi connectivity index (χ0) is 21.5. The molecule has 1 aliphatic rings. The van der Waals surface area contributed by atoms with Crippen LogP contribution in [0.3, 0.4) is 0 Å². The summed E-state index contributed by atoms with van der Waals surface area (Å²) in [5, 5.41) is 0.990. The number of hydrogen-bond donors (Lipinski definition) is 0. The lowest BCUT2D eigenvalue weighted by molar-refractivity contribution is 0.101. The molecule has 3 aromatic carbocycles. The highest BCUT2D eigenvalue weighted by atomic mass is 16.2. The smallest absolute Gasteiger partial charge is 0.264 e. The summed E-state index contributed by atoms with van der Waals surface area (Å²) in [4.78, 5) is 25.0. The highest BCUT2D eigenvalue weighted by Gasteiger charge is 2.36. The van der Waals surface area contributed by atoms with E-state index in [4.69, 9.17) is 4.99 Å². The molecule has 0 spiro atoms. The fourth-order valence-electron chi connectivity index (χ4n) is 4.21. The van der Waals surface area contributed by atoms with Crippen molar-refractivity contribution in [3.05, 3.63) is 101 Å². The van der Waals surface area contributed by atoms with Gasteiger partial charge >= 0.3 is 0 Å². The third kappa shape index (κ3) is 3.12. The van der Waals surface area contributed by atoms with Crippen LogP contribution < -0.4 is 4.90 Å². The fraction of sp³-hybridized carbons (Fsp3) is 0.148. The van der Waals surface area contributed by atoms with Gasteiger partial charge in [0.25, 0.3) is 5.91 Å². The molecule has 0 radical (unpaired) electrons. The van der Waals surface area contributed by atoms with E-state index in [1.165, 1.54) is 5.56 Å². The minimum atomic E-state index is -0.0687. The van der Waals surface area contributed by atoms with Crippen molar-refractivity contribution in [2.24, 2.45) is 4.99 Å². The van der Waals surface area contributed by atoms with Crippen molar-refractivity contribution >= 4 is 34.0 Å². The molecule has 4 heteroatoms. The van der Waals surface area contributed by atoms with Crippen molar-refractivity contribution < 1.29 is 4.79 Å². The second kappa shape index (κ2) is 7.47. The SMILES string of the molecule is CCc1ccc2c(c1)C(=Nc1c(C)cccc1C)N(c1cccc3cccnc13)C2=O. The summed E-state index contributed by atoms with van der Waals surface area (Å²) in [6.07, 6.45) is 2.66. The number of aromatic nitrogens is 1. The van der Waals surface area contributed by atoms with Crippen LogP contribution in [0.4, 0.5) is 11.4 Å². The number of anilines is 1. The topological polar surface area (TPSA) is 45.6 Å². The number of pyridine rings is 1. The number of fused-ring (bicyclic) bond motifs is 2. The van der Waals surface area contributed by atoms with E-state index in [-0.39, 0.29) is 5.91 Å². The molecule has 1 amide bonds. The van der Waals surface area contributed by atoms with Gasteiger partial charge < -0.3 is 0 Å². The Kier molecular flexibility index (Phi) is 4.63. The average Bonchev–Trinajstić information content (AvgIpc) is 3.06. The zero-order valence-electron chi connectivity index (χ0n) is 17.9. The van der Waals surface area contributed by atoms with Gasteiger partial charge in [0.1, 0.15) is 5.84 Å². The highest BCUT2D eigenvalue weighted by molar-refractivity contribution is 6.37. The molecule has 0 fully saturated rings. The molecule has 5 rings (SSSR count). The fourth-order valence-corrected chi connectivity index (χ4v) is 4.21. The molecule has 31 heavy (non-hydrogen) atoms. The van der Waals surface area contributed by atoms with E-state index < -0.39 is 0 Å². The quantitative estimate of drug-likeness (QED) is 0.410. The van der Waals surface area contributed by atoms with Crippen LogP contribution in [0.2, 0.25) is 0 Å². The number of carbonyl (C=O) groups is 1. The maximum absolute atomic E-state index is 13.6. The molecule has 4 nitrogen and oxygen atoms in total. The lowest BCUT2D eigenvalue weighted by Crippen LogP contribution is -2.30. The van der Waals surface area contributed by atoms with Gasteiger partial charge in [-0.3, -0.25) is 14.7 Å². The molecule has 0 N–H and O–H groups in total. The van der Waals surface area contributed by atoms with Crippen molar-refractivity contribution in [1.82, 2.24) is 4.98 Å². The van der Waals surface area contributed by atoms with Crippen LogP contribution in [-0.4, -0.2) is 16.7 Å². The molecule has 1 aromatic heterocycles. The van der Waals surface area contributed by atoms with Crippen LogP contribution in [-0.2, 0) is 6.42 Å². The molecule has 4 aromatic rings. The predicted octanol–water partition coefficient (Wildman–Crippen LogP) is 6.15. The van der Waals surface area contributed by atoms with Crippen molar-refractivity contribution in [3.63, 3.8) is 0 Å². The molecular weight excluding hydrogens is 382 g/mol. The van der Waals surface area contributed by atoms with Crippen LogP contribution in [0, 0.1) is 13.8 Å². The maximum atomic E-state index is 13.6. The van der Waals surface area contributed by atoms with Crippen LogP contribution in [0.5, 0.6) is 0 Å². The molecule has 0 aliphatic carbocycles. The predicted molar refractivity (Wildman–Crippen MR) is 126 cm³/mol. The first-order valence-corrected chi connectivity index (χ1v) is 10.5. The number of aliphatic imine (C=N–C) groups is 1. The van der Waals surface area contributed by atoms with Gasteiger partial charge in [-0.15, -0.1) is 0 Å². The first kappa shape index (κ1) is 19.2. The number of nitrogens with zero attached hydrogens (tertiary/aromatic N) is 3. The summed E-state index contributed by atoms with van der Waals surface area (Å²) in [7, 11) is 0. The summed E-state index contributed by atoms with van der Waals surface area (Å²) >= 11 is 0. The van der Waals surface area contributed by atoms with Crippen LogP contribution in [0.15, 0.2) is 77.9 Å². The normalized spacial score (nSPS) is 14.5. The molecule has 0 saturated heterocycles. The van der Waals surface area contributed by atoms with Gasteiger partial charge in [0.15, 0.2) is 0 Å². The van der Waals surface area contributed by atoms with E-state index in [0.717, 1.165) is 45.4 Å². The molecular formula is C27H23N3O. The Hall–Kier alpha value is -3.79. The van der Waals surface area contributed by atoms with Gasteiger partial charge in [0.05, 0.1) is 22.5 Å². The minimum absolute atomic E-state index is 0.0687. The van der Waals surface area contributed by atoms with Gasteiger partial charge in [0.2, 0.25) is 0 Å². The molecule has 0 saturated carbocycles. The number of benzene rings is 3.